The largest absolute Gasteiger partial charge is 0.496 e. The molecule has 0 fully saturated rings. The number of carbonyl (C=O) groups excluding carboxylic acids is 1. The Balaban J connectivity index is 1.85. The molecule has 10 heteroatoms. The van der Waals surface area contributed by atoms with Crippen LogP contribution in [-0.4, -0.2) is 34.2 Å². The molecule has 3 aromatic carbocycles. The van der Waals surface area contributed by atoms with Gasteiger partial charge in [-0.15, -0.1) is 0 Å². The third-order valence-corrected chi connectivity index (χ3v) is 6.59. The van der Waals surface area contributed by atoms with Gasteiger partial charge in [-0.3, -0.25) is 9.10 Å². The van der Waals surface area contributed by atoms with Crippen LogP contribution >= 0.6 is 23.2 Å². The number of ether oxygens (including phenoxy) is 1. The fourth-order valence-corrected chi connectivity index (χ4v) is 4.52. The van der Waals surface area contributed by atoms with E-state index in [1.165, 1.54) is 43.7 Å². The molecular weight excluding hydrogens is 473 g/mol. The van der Waals surface area contributed by atoms with Crippen LogP contribution in [-0.2, 0) is 14.8 Å². The van der Waals surface area contributed by atoms with Gasteiger partial charge >= 0.3 is 0 Å². The molecule has 7 nitrogen and oxygen atoms in total. The Labute approximate surface area is 196 Å². The molecule has 166 valence electrons. The molecule has 1 N–H and O–H groups in total. The fourth-order valence-electron chi connectivity index (χ4n) is 2.79. The van der Waals surface area contributed by atoms with Gasteiger partial charge in [0.25, 0.3) is 15.9 Å². The lowest BCUT2D eigenvalue weighted by Gasteiger charge is -2.23. The second-order valence-electron chi connectivity index (χ2n) is 6.48. The van der Waals surface area contributed by atoms with Gasteiger partial charge in [0.15, 0.2) is 0 Å². The number of benzene rings is 3. The minimum atomic E-state index is -4.09. The molecule has 0 aliphatic heterocycles. The van der Waals surface area contributed by atoms with Gasteiger partial charge in [0, 0.05) is 15.6 Å². The van der Waals surface area contributed by atoms with E-state index in [1.54, 1.807) is 42.5 Å². The highest BCUT2D eigenvalue weighted by Gasteiger charge is 2.27. The molecule has 0 atom stereocenters. The Morgan fingerprint density at radius 3 is 2.44 bits per heavy atom. The van der Waals surface area contributed by atoms with E-state index in [4.69, 9.17) is 27.9 Å². The van der Waals surface area contributed by atoms with E-state index >= 15 is 0 Å². The number of nitrogens with one attached hydrogen (secondary N) is 1. The maximum absolute atomic E-state index is 13.3. The zero-order valence-electron chi connectivity index (χ0n) is 16.9. The highest BCUT2D eigenvalue weighted by atomic mass is 35.5. The predicted octanol–water partition coefficient (Wildman–Crippen LogP) is 4.35. The topological polar surface area (TPSA) is 88.1 Å². The highest BCUT2D eigenvalue weighted by Crippen LogP contribution is 2.26. The Morgan fingerprint density at radius 2 is 1.75 bits per heavy atom. The van der Waals surface area contributed by atoms with Crippen molar-refractivity contribution in [3.05, 3.63) is 88.4 Å². The molecule has 0 bridgehead atoms. The van der Waals surface area contributed by atoms with Gasteiger partial charge in [-0.2, -0.15) is 5.10 Å². The predicted molar refractivity (Wildman–Crippen MR) is 126 cm³/mol. The number of para-hydroxylation sites is 1. The molecule has 0 spiro atoms. The van der Waals surface area contributed by atoms with Gasteiger partial charge in [-0.05, 0) is 54.6 Å². The number of hydrogen-bond donors (Lipinski definition) is 1. The number of anilines is 1. The molecule has 0 radical (unpaired) electrons. The fraction of sp³-hybridized carbons (Fsp3) is 0.0909. The Morgan fingerprint density at radius 1 is 1.03 bits per heavy atom. The maximum Gasteiger partial charge on any atom is 0.264 e. The van der Waals surface area contributed by atoms with Crippen LogP contribution in [0.1, 0.15) is 5.56 Å². The smallest absolute Gasteiger partial charge is 0.264 e. The lowest BCUT2D eigenvalue weighted by atomic mass is 10.2. The van der Waals surface area contributed by atoms with Gasteiger partial charge in [-0.1, -0.05) is 41.4 Å². The molecule has 0 unspecified atom stereocenters. The summed E-state index contributed by atoms with van der Waals surface area (Å²) in [6.07, 6.45) is 1.41. The standard InChI is InChI=1S/C22H19Cl2N3O4S/c1-31-21-8-3-2-5-16(21)14-25-26-22(28)15-27(19-7-4-6-18(24)13-19)32(29,30)20-11-9-17(23)10-12-20/h2-14H,15H2,1H3,(H,26,28)/b25-14-. The molecule has 3 aromatic rings. The quantitative estimate of drug-likeness (QED) is 0.374. The first kappa shape index (κ1) is 23.6. The average Bonchev–Trinajstić information content (AvgIpc) is 2.78. The van der Waals surface area contributed by atoms with Crippen LogP contribution in [0.4, 0.5) is 5.69 Å². The highest BCUT2D eigenvalue weighted by molar-refractivity contribution is 7.92. The SMILES string of the molecule is COc1ccccc1/C=N\NC(=O)CN(c1cccc(Cl)c1)S(=O)(=O)c1ccc(Cl)cc1. The van der Waals surface area contributed by atoms with Crippen molar-refractivity contribution in [1.29, 1.82) is 0 Å². The Bertz CT molecular complexity index is 1230. The van der Waals surface area contributed by atoms with Crippen molar-refractivity contribution in [3.8, 4) is 5.75 Å². The van der Waals surface area contributed by atoms with Crippen LogP contribution < -0.4 is 14.5 Å². The summed E-state index contributed by atoms with van der Waals surface area (Å²) < 4.78 is 32.7. The van der Waals surface area contributed by atoms with Crippen LogP contribution in [0.3, 0.4) is 0 Å². The molecule has 0 aliphatic carbocycles. The third-order valence-electron chi connectivity index (χ3n) is 4.32. The number of methoxy groups -OCH3 is 1. The van der Waals surface area contributed by atoms with E-state index in [-0.39, 0.29) is 10.6 Å². The molecule has 0 aliphatic rings. The number of amides is 1. The summed E-state index contributed by atoms with van der Waals surface area (Å²) in [5.41, 5.74) is 3.23. The Hall–Kier alpha value is -3.07. The summed E-state index contributed by atoms with van der Waals surface area (Å²) in [4.78, 5) is 12.6. The van der Waals surface area contributed by atoms with Gasteiger partial charge in [-0.25, -0.2) is 13.8 Å². The van der Waals surface area contributed by atoms with Crippen molar-refractivity contribution >= 4 is 51.0 Å². The van der Waals surface area contributed by atoms with Crippen molar-refractivity contribution in [2.75, 3.05) is 18.0 Å². The number of carbonyl (C=O) groups is 1. The molecule has 1 amide bonds. The van der Waals surface area contributed by atoms with Gasteiger partial charge < -0.3 is 4.74 Å². The number of nitrogens with zero attached hydrogens (tertiary/aromatic N) is 2. The molecular formula is C22H19Cl2N3O4S. The third kappa shape index (κ3) is 5.79. The van der Waals surface area contributed by atoms with E-state index in [0.29, 0.717) is 21.4 Å². The minimum absolute atomic E-state index is 0.0211. The number of halogens is 2. The van der Waals surface area contributed by atoms with Crippen LogP contribution in [0.5, 0.6) is 5.75 Å². The summed E-state index contributed by atoms with van der Waals surface area (Å²) in [6, 6.07) is 19.0. The summed E-state index contributed by atoms with van der Waals surface area (Å²) in [7, 11) is -2.56. The lowest BCUT2D eigenvalue weighted by molar-refractivity contribution is -0.119. The summed E-state index contributed by atoms with van der Waals surface area (Å²) in [5, 5.41) is 4.63. The minimum Gasteiger partial charge on any atom is -0.496 e. The summed E-state index contributed by atoms with van der Waals surface area (Å²) in [5.74, 6) is -0.0648. The second-order valence-corrected chi connectivity index (χ2v) is 9.22. The van der Waals surface area contributed by atoms with E-state index < -0.39 is 22.5 Å². The first-order valence-electron chi connectivity index (χ1n) is 9.30. The van der Waals surface area contributed by atoms with Gasteiger partial charge in [0.2, 0.25) is 0 Å². The van der Waals surface area contributed by atoms with Crippen molar-refractivity contribution in [3.63, 3.8) is 0 Å². The van der Waals surface area contributed by atoms with E-state index in [9.17, 15) is 13.2 Å². The van der Waals surface area contributed by atoms with Crippen molar-refractivity contribution in [2.24, 2.45) is 5.10 Å². The average molecular weight is 492 g/mol. The molecule has 0 heterocycles. The summed E-state index contributed by atoms with van der Waals surface area (Å²) >= 11 is 11.9. The zero-order valence-corrected chi connectivity index (χ0v) is 19.2. The van der Waals surface area contributed by atoms with Crippen LogP contribution in [0, 0.1) is 0 Å². The van der Waals surface area contributed by atoms with Gasteiger partial charge in [0.1, 0.15) is 12.3 Å². The van der Waals surface area contributed by atoms with Crippen LogP contribution in [0.15, 0.2) is 82.8 Å². The number of hydrogen-bond acceptors (Lipinski definition) is 5. The van der Waals surface area contributed by atoms with E-state index in [1.807, 2.05) is 0 Å². The first-order valence-corrected chi connectivity index (χ1v) is 11.5. The molecule has 32 heavy (non-hydrogen) atoms. The molecule has 0 aromatic heterocycles. The zero-order chi connectivity index (χ0) is 23.1. The number of sulfonamides is 1. The van der Waals surface area contributed by atoms with Gasteiger partial charge in [0.05, 0.1) is 23.9 Å². The van der Waals surface area contributed by atoms with Crippen LogP contribution in [0.25, 0.3) is 0 Å². The van der Waals surface area contributed by atoms with E-state index in [0.717, 1.165) is 4.31 Å². The van der Waals surface area contributed by atoms with Crippen molar-refractivity contribution < 1.29 is 17.9 Å². The van der Waals surface area contributed by atoms with Crippen molar-refractivity contribution in [2.45, 2.75) is 4.90 Å². The number of hydrazone groups is 1. The van der Waals surface area contributed by atoms with Crippen molar-refractivity contribution in [1.82, 2.24) is 5.43 Å². The van der Waals surface area contributed by atoms with E-state index in [2.05, 4.69) is 10.5 Å². The first-order chi connectivity index (χ1) is 15.3. The molecule has 0 saturated carbocycles. The maximum atomic E-state index is 13.3. The van der Waals surface area contributed by atoms with Crippen LogP contribution in [0.2, 0.25) is 10.0 Å². The normalized spacial score (nSPS) is 11.3. The Kier molecular flexibility index (Phi) is 7.74. The monoisotopic (exact) mass is 491 g/mol. The second kappa shape index (κ2) is 10.5. The lowest BCUT2D eigenvalue weighted by Crippen LogP contribution is -2.39. The molecule has 3 rings (SSSR count). The summed E-state index contributed by atoms with van der Waals surface area (Å²) in [6.45, 7) is -0.519. The number of rotatable bonds is 8. The molecule has 0 saturated heterocycles.